The molecule has 0 aliphatic heterocycles. The molecule has 0 N–H and O–H groups in total. The van der Waals surface area contributed by atoms with E-state index in [0.29, 0.717) is 12.5 Å². The molecule has 4 heteroatoms. The zero-order valence-corrected chi connectivity index (χ0v) is 14.2. The zero-order chi connectivity index (χ0) is 13.8. The van der Waals surface area contributed by atoms with Crippen molar-refractivity contribution in [2.24, 2.45) is 0 Å². The van der Waals surface area contributed by atoms with E-state index in [1.54, 1.807) is 0 Å². The Balaban J connectivity index is 2.14. The van der Waals surface area contributed by atoms with Gasteiger partial charge < -0.3 is 4.74 Å². The van der Waals surface area contributed by atoms with Crippen LogP contribution in [0.1, 0.15) is 27.8 Å². The van der Waals surface area contributed by atoms with E-state index in [2.05, 4.69) is 41.1 Å². The summed E-state index contributed by atoms with van der Waals surface area (Å²) < 4.78 is 7.00. The lowest BCUT2D eigenvalue weighted by Gasteiger charge is -2.13. The Morgan fingerprint density at radius 2 is 2.00 bits per heavy atom. The van der Waals surface area contributed by atoms with Gasteiger partial charge in [-0.1, -0.05) is 22.9 Å². The van der Waals surface area contributed by atoms with Gasteiger partial charge in [-0.3, -0.25) is 0 Å². The first-order valence-electron chi connectivity index (χ1n) is 6.19. The average Bonchev–Trinajstić information content (AvgIpc) is 2.84. The third-order valence-corrected chi connectivity index (χ3v) is 4.83. The van der Waals surface area contributed by atoms with E-state index in [1.807, 2.05) is 24.3 Å². The molecule has 0 bridgehead atoms. The number of hydrogen-bond acceptors (Lipinski definition) is 2. The van der Waals surface area contributed by atoms with Crippen LogP contribution >= 0.6 is 38.9 Å². The Hall–Kier alpha value is -0.510. The van der Waals surface area contributed by atoms with E-state index in [0.717, 1.165) is 27.8 Å². The fourth-order valence-corrected chi connectivity index (χ4v) is 3.63. The molecule has 0 fully saturated rings. The molecule has 0 unspecified atom stereocenters. The molecule has 2 rings (SSSR count). The number of alkyl halides is 1. The molecule has 2 aromatic rings. The number of rotatable bonds is 5. The van der Waals surface area contributed by atoms with Crippen molar-refractivity contribution in [1.82, 2.24) is 0 Å². The molecule has 1 nitrogen and oxygen atoms in total. The molecule has 0 aliphatic carbocycles. The van der Waals surface area contributed by atoms with Gasteiger partial charge >= 0.3 is 0 Å². The van der Waals surface area contributed by atoms with Crippen LogP contribution in [0.15, 0.2) is 28.7 Å². The van der Waals surface area contributed by atoms with Crippen LogP contribution in [0.2, 0.25) is 0 Å². The van der Waals surface area contributed by atoms with Crippen molar-refractivity contribution >= 4 is 38.9 Å². The third kappa shape index (κ3) is 3.74. The van der Waals surface area contributed by atoms with E-state index >= 15 is 0 Å². The summed E-state index contributed by atoms with van der Waals surface area (Å²) in [6, 6.07) is 8.37. The Morgan fingerprint density at radius 3 is 2.63 bits per heavy atom. The smallest absolute Gasteiger partial charge is 0.127 e. The fraction of sp³-hybridized carbons (Fsp3) is 0.333. The molecule has 0 amide bonds. The van der Waals surface area contributed by atoms with Gasteiger partial charge in [0.05, 0.1) is 5.88 Å². The first-order chi connectivity index (χ1) is 9.13. The van der Waals surface area contributed by atoms with Crippen LogP contribution < -0.4 is 4.74 Å². The molecule has 102 valence electrons. The number of halogens is 2. The second kappa shape index (κ2) is 6.78. The SMILES string of the molecule is CCc1ccc(COc2c(C)cc(Br)cc2CCl)s1. The number of thiophene rings is 1. The van der Waals surface area contributed by atoms with Crippen molar-refractivity contribution < 1.29 is 4.74 Å². The summed E-state index contributed by atoms with van der Waals surface area (Å²) in [7, 11) is 0. The van der Waals surface area contributed by atoms with Gasteiger partial charge in [-0.2, -0.15) is 0 Å². The summed E-state index contributed by atoms with van der Waals surface area (Å²) in [5.41, 5.74) is 2.14. The summed E-state index contributed by atoms with van der Waals surface area (Å²) in [5.74, 6) is 1.37. The Morgan fingerprint density at radius 1 is 1.26 bits per heavy atom. The van der Waals surface area contributed by atoms with Crippen LogP contribution in [0.3, 0.4) is 0 Å². The summed E-state index contributed by atoms with van der Waals surface area (Å²) in [6.07, 6.45) is 1.08. The second-order valence-corrected chi connectivity index (χ2v) is 6.79. The lowest BCUT2D eigenvalue weighted by atomic mass is 10.1. The Bertz CT molecular complexity index is 565. The monoisotopic (exact) mass is 358 g/mol. The highest BCUT2D eigenvalue weighted by Gasteiger charge is 2.09. The number of ether oxygens (including phenoxy) is 1. The molecule has 0 aliphatic rings. The summed E-state index contributed by atoms with van der Waals surface area (Å²) in [5, 5.41) is 0. The topological polar surface area (TPSA) is 9.23 Å². The van der Waals surface area contributed by atoms with Gasteiger partial charge in [0, 0.05) is 19.8 Å². The van der Waals surface area contributed by atoms with Crippen LogP contribution in [0, 0.1) is 6.92 Å². The third-order valence-electron chi connectivity index (χ3n) is 2.88. The quantitative estimate of drug-likeness (QED) is 0.622. The standard InChI is InChI=1S/C15H16BrClOS/c1-3-13-4-5-14(19-13)9-18-15-10(2)6-12(16)7-11(15)8-17/h4-7H,3,8-9H2,1-2H3. The van der Waals surface area contributed by atoms with Crippen LogP contribution in [0.4, 0.5) is 0 Å². The second-order valence-electron chi connectivity index (χ2n) is 4.35. The van der Waals surface area contributed by atoms with E-state index < -0.39 is 0 Å². The number of aryl methyl sites for hydroxylation is 2. The van der Waals surface area contributed by atoms with E-state index in [-0.39, 0.29) is 0 Å². The molecule has 0 saturated carbocycles. The van der Waals surface area contributed by atoms with Crippen molar-refractivity contribution in [2.45, 2.75) is 32.8 Å². The highest BCUT2D eigenvalue weighted by Crippen LogP contribution is 2.30. The number of hydrogen-bond donors (Lipinski definition) is 0. The minimum Gasteiger partial charge on any atom is -0.487 e. The molecule has 0 spiro atoms. The molecule has 1 aromatic heterocycles. The molecule has 0 radical (unpaired) electrons. The zero-order valence-electron chi connectivity index (χ0n) is 11.0. The van der Waals surface area contributed by atoms with Crippen molar-refractivity contribution in [3.05, 3.63) is 49.6 Å². The minimum atomic E-state index is 0.459. The van der Waals surface area contributed by atoms with Gasteiger partial charge in [0.1, 0.15) is 12.4 Å². The van der Waals surface area contributed by atoms with E-state index in [1.165, 1.54) is 9.75 Å². The fourth-order valence-electron chi connectivity index (χ4n) is 1.94. The minimum absolute atomic E-state index is 0.459. The van der Waals surface area contributed by atoms with Crippen molar-refractivity contribution in [2.75, 3.05) is 0 Å². The van der Waals surface area contributed by atoms with Crippen LogP contribution in [-0.2, 0) is 18.9 Å². The maximum atomic E-state index is 5.99. The van der Waals surface area contributed by atoms with Gasteiger partial charge in [0.2, 0.25) is 0 Å². The van der Waals surface area contributed by atoms with Gasteiger partial charge in [-0.25, -0.2) is 0 Å². The molecular weight excluding hydrogens is 344 g/mol. The van der Waals surface area contributed by atoms with E-state index in [9.17, 15) is 0 Å². The van der Waals surface area contributed by atoms with Crippen LogP contribution in [0.25, 0.3) is 0 Å². The number of benzene rings is 1. The van der Waals surface area contributed by atoms with Gasteiger partial charge in [0.15, 0.2) is 0 Å². The first-order valence-corrected chi connectivity index (χ1v) is 8.33. The van der Waals surface area contributed by atoms with Crippen molar-refractivity contribution in [1.29, 1.82) is 0 Å². The maximum absolute atomic E-state index is 5.99. The van der Waals surface area contributed by atoms with Crippen molar-refractivity contribution in [3.8, 4) is 5.75 Å². The molecule has 19 heavy (non-hydrogen) atoms. The lowest BCUT2D eigenvalue weighted by molar-refractivity contribution is 0.305. The van der Waals surface area contributed by atoms with Gasteiger partial charge in [-0.15, -0.1) is 22.9 Å². The predicted molar refractivity (Wildman–Crippen MR) is 86.5 cm³/mol. The Labute approximate surface area is 131 Å². The molecular formula is C15H16BrClOS. The molecule has 1 aromatic carbocycles. The summed E-state index contributed by atoms with van der Waals surface area (Å²) in [6.45, 7) is 4.82. The summed E-state index contributed by atoms with van der Waals surface area (Å²) >= 11 is 11.3. The largest absolute Gasteiger partial charge is 0.487 e. The molecule has 0 saturated heterocycles. The maximum Gasteiger partial charge on any atom is 0.127 e. The molecule has 1 heterocycles. The van der Waals surface area contributed by atoms with E-state index in [4.69, 9.17) is 16.3 Å². The Kier molecular flexibility index (Phi) is 5.31. The highest BCUT2D eigenvalue weighted by atomic mass is 79.9. The average molecular weight is 360 g/mol. The summed E-state index contributed by atoms with van der Waals surface area (Å²) in [4.78, 5) is 2.64. The normalized spacial score (nSPS) is 10.7. The van der Waals surface area contributed by atoms with Gasteiger partial charge in [0.25, 0.3) is 0 Å². The van der Waals surface area contributed by atoms with Crippen LogP contribution in [-0.4, -0.2) is 0 Å². The highest BCUT2D eigenvalue weighted by molar-refractivity contribution is 9.10. The van der Waals surface area contributed by atoms with Gasteiger partial charge in [-0.05, 0) is 43.2 Å². The predicted octanol–water partition coefficient (Wildman–Crippen LogP) is 5.70. The first kappa shape index (κ1) is 14.9. The van der Waals surface area contributed by atoms with Crippen molar-refractivity contribution in [3.63, 3.8) is 0 Å². The molecule has 0 atom stereocenters. The van der Waals surface area contributed by atoms with Crippen LogP contribution in [0.5, 0.6) is 5.75 Å². The lowest BCUT2D eigenvalue weighted by Crippen LogP contribution is -1.98.